The standard InChI is InChI=1S/C48H28N2/c49-29-30-17-19-31(20-18-30)35-25-36(45-28-34-11-3-4-12-38(34)41-15-7-8-16-42(41)45)27-37(26-35)46-43-23-21-32-9-1-5-13-39(32)47(43)50-48-40-14-6-2-10-33(40)22-24-44(46)48/h1-28H. The quantitative estimate of drug-likeness (QED) is 0.144. The molecule has 10 rings (SSSR count). The predicted molar refractivity (Wildman–Crippen MR) is 210 cm³/mol. The van der Waals surface area contributed by atoms with E-state index in [1.165, 1.54) is 43.4 Å². The number of aromatic nitrogens is 1. The largest absolute Gasteiger partial charge is 0.246 e. The van der Waals surface area contributed by atoms with Crippen LogP contribution < -0.4 is 0 Å². The first-order chi connectivity index (χ1) is 24.7. The zero-order chi connectivity index (χ0) is 33.2. The van der Waals surface area contributed by atoms with Crippen molar-refractivity contribution in [3.05, 3.63) is 175 Å². The number of rotatable bonds is 3. The van der Waals surface area contributed by atoms with E-state index < -0.39 is 0 Å². The molecule has 0 saturated heterocycles. The lowest BCUT2D eigenvalue weighted by Gasteiger charge is -2.18. The van der Waals surface area contributed by atoms with Crippen molar-refractivity contribution < 1.29 is 0 Å². The van der Waals surface area contributed by atoms with Crippen LogP contribution in [-0.4, -0.2) is 4.98 Å². The van der Waals surface area contributed by atoms with Gasteiger partial charge in [-0.2, -0.15) is 5.26 Å². The summed E-state index contributed by atoms with van der Waals surface area (Å²) in [6, 6.07) is 62.9. The van der Waals surface area contributed by atoms with Crippen LogP contribution in [0.4, 0.5) is 0 Å². The molecule has 0 atom stereocenters. The smallest absolute Gasteiger partial charge is 0.0991 e. The molecule has 50 heavy (non-hydrogen) atoms. The zero-order valence-corrected chi connectivity index (χ0v) is 27.1. The summed E-state index contributed by atoms with van der Waals surface area (Å²) in [7, 11) is 0. The van der Waals surface area contributed by atoms with Crippen LogP contribution in [0.3, 0.4) is 0 Å². The van der Waals surface area contributed by atoms with Gasteiger partial charge in [-0.25, -0.2) is 4.98 Å². The maximum absolute atomic E-state index is 9.57. The molecule has 0 radical (unpaired) electrons. The molecule has 0 bridgehead atoms. The van der Waals surface area contributed by atoms with E-state index in [0.717, 1.165) is 54.8 Å². The van der Waals surface area contributed by atoms with Gasteiger partial charge in [-0.05, 0) is 96.5 Å². The van der Waals surface area contributed by atoms with Crippen LogP contribution in [0.2, 0.25) is 0 Å². The molecule has 2 nitrogen and oxygen atoms in total. The van der Waals surface area contributed by atoms with Crippen LogP contribution in [0.25, 0.3) is 98.3 Å². The highest BCUT2D eigenvalue weighted by molar-refractivity contribution is 6.22. The third-order valence-electron chi connectivity index (χ3n) is 10.2. The molecule has 10 aromatic rings. The molecule has 0 aliphatic carbocycles. The van der Waals surface area contributed by atoms with Gasteiger partial charge in [-0.3, -0.25) is 0 Å². The third-order valence-corrected chi connectivity index (χ3v) is 10.2. The Morgan fingerprint density at radius 1 is 0.360 bits per heavy atom. The Hall–Kier alpha value is -6.82. The van der Waals surface area contributed by atoms with Crippen LogP contribution in [0, 0.1) is 11.3 Å². The number of pyridine rings is 1. The van der Waals surface area contributed by atoms with Crippen molar-refractivity contribution >= 4 is 64.9 Å². The summed E-state index contributed by atoms with van der Waals surface area (Å²) in [5.74, 6) is 0. The second-order valence-electron chi connectivity index (χ2n) is 13.0. The Morgan fingerprint density at radius 3 is 1.52 bits per heavy atom. The van der Waals surface area contributed by atoms with Crippen LogP contribution in [0.1, 0.15) is 5.56 Å². The van der Waals surface area contributed by atoms with Crippen LogP contribution in [0.15, 0.2) is 170 Å². The molecule has 0 amide bonds. The summed E-state index contributed by atoms with van der Waals surface area (Å²) in [5, 5.41) is 21.4. The highest BCUT2D eigenvalue weighted by Gasteiger charge is 2.18. The molecule has 0 N–H and O–H groups in total. The van der Waals surface area contributed by atoms with Crippen molar-refractivity contribution in [2.75, 3.05) is 0 Å². The molecule has 0 aliphatic rings. The molecule has 0 spiro atoms. The van der Waals surface area contributed by atoms with Crippen molar-refractivity contribution in [1.29, 1.82) is 5.26 Å². The van der Waals surface area contributed by atoms with E-state index in [-0.39, 0.29) is 0 Å². The van der Waals surface area contributed by atoms with Crippen molar-refractivity contribution in [2.24, 2.45) is 0 Å². The summed E-state index contributed by atoms with van der Waals surface area (Å²) in [4.78, 5) is 5.44. The van der Waals surface area contributed by atoms with E-state index in [0.29, 0.717) is 5.56 Å². The first-order valence-corrected chi connectivity index (χ1v) is 16.9. The maximum Gasteiger partial charge on any atom is 0.0991 e. The molecule has 2 heteroatoms. The number of hydrogen-bond acceptors (Lipinski definition) is 2. The molecule has 0 fully saturated rings. The highest BCUT2D eigenvalue weighted by atomic mass is 14.7. The molecule has 0 saturated carbocycles. The Bertz CT molecular complexity index is 2940. The molecule has 9 aromatic carbocycles. The average Bonchev–Trinajstić information content (AvgIpc) is 3.19. The van der Waals surface area contributed by atoms with Gasteiger partial charge >= 0.3 is 0 Å². The number of nitriles is 1. The van der Waals surface area contributed by atoms with Crippen molar-refractivity contribution in [3.8, 4) is 39.4 Å². The first kappa shape index (κ1) is 28.2. The van der Waals surface area contributed by atoms with E-state index in [4.69, 9.17) is 4.98 Å². The Kier molecular flexibility index (Phi) is 6.28. The maximum atomic E-state index is 9.57. The fraction of sp³-hybridized carbons (Fsp3) is 0. The van der Waals surface area contributed by atoms with Gasteiger partial charge in [0.2, 0.25) is 0 Å². The van der Waals surface area contributed by atoms with Gasteiger partial charge in [0.15, 0.2) is 0 Å². The van der Waals surface area contributed by atoms with Crippen LogP contribution in [0.5, 0.6) is 0 Å². The van der Waals surface area contributed by atoms with E-state index in [9.17, 15) is 5.26 Å². The Morgan fingerprint density at radius 2 is 0.880 bits per heavy atom. The second-order valence-corrected chi connectivity index (χ2v) is 13.0. The SMILES string of the molecule is N#Cc1ccc(-c2cc(-c3cc4ccccc4c4ccccc34)cc(-c3c4ccc5ccccc5c4nc4c3ccc3ccccc34)c2)cc1. The molecular weight excluding hydrogens is 605 g/mol. The minimum absolute atomic E-state index is 0.649. The topological polar surface area (TPSA) is 36.7 Å². The molecule has 0 unspecified atom stereocenters. The molecule has 0 aliphatic heterocycles. The number of fused-ring (bicyclic) bond motifs is 9. The van der Waals surface area contributed by atoms with E-state index >= 15 is 0 Å². The molecular formula is C48H28N2. The fourth-order valence-electron chi connectivity index (χ4n) is 7.85. The van der Waals surface area contributed by atoms with E-state index in [1.807, 2.05) is 12.1 Å². The van der Waals surface area contributed by atoms with E-state index in [2.05, 4.69) is 164 Å². The lowest BCUT2D eigenvalue weighted by atomic mass is 9.87. The van der Waals surface area contributed by atoms with Gasteiger partial charge in [-0.1, -0.05) is 133 Å². The number of hydrogen-bond donors (Lipinski definition) is 0. The summed E-state index contributed by atoms with van der Waals surface area (Å²) in [6.07, 6.45) is 0. The van der Waals surface area contributed by atoms with Gasteiger partial charge in [0.1, 0.15) is 0 Å². The summed E-state index contributed by atoms with van der Waals surface area (Å²) < 4.78 is 0. The first-order valence-electron chi connectivity index (χ1n) is 16.9. The number of benzene rings is 9. The van der Waals surface area contributed by atoms with Gasteiger partial charge in [0.25, 0.3) is 0 Å². The summed E-state index contributed by atoms with van der Waals surface area (Å²) >= 11 is 0. The molecule has 230 valence electrons. The zero-order valence-electron chi connectivity index (χ0n) is 27.1. The molecule has 1 heterocycles. The monoisotopic (exact) mass is 632 g/mol. The van der Waals surface area contributed by atoms with Gasteiger partial charge in [0.05, 0.1) is 22.7 Å². The Balaban J connectivity index is 1.36. The van der Waals surface area contributed by atoms with Crippen LogP contribution >= 0.6 is 0 Å². The lowest BCUT2D eigenvalue weighted by molar-refractivity contribution is 1.48. The lowest BCUT2D eigenvalue weighted by Crippen LogP contribution is -1.93. The van der Waals surface area contributed by atoms with Crippen LogP contribution in [-0.2, 0) is 0 Å². The van der Waals surface area contributed by atoms with Gasteiger partial charge in [0, 0.05) is 27.1 Å². The minimum Gasteiger partial charge on any atom is -0.246 e. The van der Waals surface area contributed by atoms with Crippen molar-refractivity contribution in [1.82, 2.24) is 4.98 Å². The van der Waals surface area contributed by atoms with Gasteiger partial charge in [-0.15, -0.1) is 0 Å². The van der Waals surface area contributed by atoms with Crippen molar-refractivity contribution in [2.45, 2.75) is 0 Å². The number of nitrogens with zero attached hydrogens (tertiary/aromatic N) is 2. The fourth-order valence-corrected chi connectivity index (χ4v) is 7.85. The predicted octanol–water partition coefficient (Wildman–Crippen LogP) is 12.9. The third kappa shape index (κ3) is 4.38. The van der Waals surface area contributed by atoms with Crippen molar-refractivity contribution in [3.63, 3.8) is 0 Å². The highest BCUT2D eigenvalue weighted by Crippen LogP contribution is 2.44. The van der Waals surface area contributed by atoms with Gasteiger partial charge < -0.3 is 0 Å². The normalized spacial score (nSPS) is 11.6. The summed E-state index contributed by atoms with van der Waals surface area (Å²) in [5.41, 5.74) is 9.45. The Labute approximate surface area is 289 Å². The molecule has 1 aromatic heterocycles. The van der Waals surface area contributed by atoms with E-state index in [1.54, 1.807) is 0 Å². The summed E-state index contributed by atoms with van der Waals surface area (Å²) in [6.45, 7) is 0. The second kappa shape index (κ2) is 11.1. The average molecular weight is 633 g/mol. The minimum atomic E-state index is 0.649.